The lowest BCUT2D eigenvalue weighted by Crippen LogP contribution is -2.28. The molecular formula is C45H84O5. The van der Waals surface area contributed by atoms with Gasteiger partial charge in [0.05, 0.1) is 6.61 Å². The SMILES string of the molecule is CCCCCC=CCC=CCCCCCCCC(=O)O[C@@H](CO)COC(=O)CCCCCCCCCCCCCCCCCCCCCCC. The van der Waals surface area contributed by atoms with Crippen molar-refractivity contribution in [3.8, 4) is 0 Å². The Hall–Kier alpha value is -1.62. The normalized spacial score (nSPS) is 12.3. The van der Waals surface area contributed by atoms with Crippen LogP contribution in [0.3, 0.4) is 0 Å². The van der Waals surface area contributed by atoms with Crippen LogP contribution in [0.2, 0.25) is 0 Å². The summed E-state index contributed by atoms with van der Waals surface area (Å²) < 4.78 is 10.6. The van der Waals surface area contributed by atoms with Crippen molar-refractivity contribution in [2.24, 2.45) is 0 Å². The van der Waals surface area contributed by atoms with E-state index in [4.69, 9.17) is 9.47 Å². The van der Waals surface area contributed by atoms with E-state index >= 15 is 0 Å². The Kier molecular flexibility index (Phi) is 40.4. The van der Waals surface area contributed by atoms with Crippen LogP contribution >= 0.6 is 0 Å². The zero-order chi connectivity index (χ0) is 36.4. The number of aliphatic hydroxyl groups is 1. The molecule has 0 aliphatic carbocycles. The molecule has 0 aromatic carbocycles. The lowest BCUT2D eigenvalue weighted by molar-refractivity contribution is -0.161. The fraction of sp³-hybridized carbons (Fsp3) is 0.867. The summed E-state index contributed by atoms with van der Waals surface area (Å²) in [6.45, 7) is 4.12. The summed E-state index contributed by atoms with van der Waals surface area (Å²) in [7, 11) is 0. The molecule has 0 unspecified atom stereocenters. The van der Waals surface area contributed by atoms with E-state index in [2.05, 4.69) is 38.2 Å². The molecule has 1 N–H and O–H groups in total. The summed E-state index contributed by atoms with van der Waals surface area (Å²) in [4.78, 5) is 24.3. The number of ether oxygens (including phenoxy) is 2. The van der Waals surface area contributed by atoms with Crippen LogP contribution in [-0.4, -0.2) is 36.4 Å². The molecule has 0 heterocycles. The first-order valence-electron chi connectivity index (χ1n) is 21.9. The van der Waals surface area contributed by atoms with Gasteiger partial charge in [-0.25, -0.2) is 0 Å². The quantitative estimate of drug-likeness (QED) is 0.0390. The molecular weight excluding hydrogens is 620 g/mol. The molecule has 0 saturated heterocycles. The monoisotopic (exact) mass is 705 g/mol. The molecule has 0 aromatic heterocycles. The summed E-state index contributed by atoms with van der Waals surface area (Å²) in [5.41, 5.74) is 0. The molecule has 0 rings (SSSR count). The molecule has 0 aromatic rings. The van der Waals surface area contributed by atoms with Gasteiger partial charge < -0.3 is 14.6 Å². The van der Waals surface area contributed by atoms with E-state index in [1.54, 1.807) is 0 Å². The maximum Gasteiger partial charge on any atom is 0.306 e. The standard InChI is InChI=1S/C45H84O5/c1-3-5-7-9-11-13-15-17-19-20-21-22-23-24-26-27-29-31-33-35-37-39-44(47)49-42-43(41-46)50-45(48)40-38-36-34-32-30-28-25-18-16-14-12-10-8-6-4-2/h12,14,18,25,43,46H,3-11,13,15-17,19-24,26-42H2,1-2H3/t43-/m0/s1. The Balaban J connectivity index is 3.49. The summed E-state index contributed by atoms with van der Waals surface area (Å²) >= 11 is 0. The zero-order valence-corrected chi connectivity index (χ0v) is 33.4. The second kappa shape index (κ2) is 41.8. The summed E-state index contributed by atoms with van der Waals surface area (Å²) in [5.74, 6) is -0.596. The number of hydrogen-bond donors (Lipinski definition) is 1. The number of hydrogen-bond acceptors (Lipinski definition) is 5. The van der Waals surface area contributed by atoms with E-state index in [1.807, 2.05) is 0 Å². The highest BCUT2D eigenvalue weighted by Crippen LogP contribution is 2.16. The summed E-state index contributed by atoms with van der Waals surface area (Å²) in [6.07, 6.45) is 49.6. The van der Waals surface area contributed by atoms with Crippen molar-refractivity contribution in [2.45, 2.75) is 238 Å². The number of rotatable bonds is 40. The van der Waals surface area contributed by atoms with Gasteiger partial charge in [0.2, 0.25) is 0 Å². The van der Waals surface area contributed by atoms with Gasteiger partial charge in [0.1, 0.15) is 6.61 Å². The van der Waals surface area contributed by atoms with Crippen molar-refractivity contribution in [3.05, 3.63) is 24.3 Å². The average Bonchev–Trinajstić information content (AvgIpc) is 3.12. The first kappa shape index (κ1) is 48.4. The third kappa shape index (κ3) is 39.2. The molecule has 0 spiro atoms. The smallest absolute Gasteiger partial charge is 0.306 e. The van der Waals surface area contributed by atoms with Gasteiger partial charge in [-0.15, -0.1) is 0 Å². The third-order valence-electron chi connectivity index (χ3n) is 9.75. The Morgan fingerprint density at radius 2 is 0.800 bits per heavy atom. The summed E-state index contributed by atoms with van der Waals surface area (Å²) in [5, 5.41) is 9.57. The minimum atomic E-state index is -0.774. The number of aliphatic hydroxyl groups excluding tert-OH is 1. The highest BCUT2D eigenvalue weighted by Gasteiger charge is 2.16. The molecule has 1 atom stereocenters. The fourth-order valence-electron chi connectivity index (χ4n) is 6.41. The van der Waals surface area contributed by atoms with Crippen molar-refractivity contribution >= 4 is 11.9 Å². The number of allylic oxidation sites excluding steroid dienone is 4. The largest absolute Gasteiger partial charge is 0.462 e. The van der Waals surface area contributed by atoms with Crippen LogP contribution in [0, 0.1) is 0 Å². The van der Waals surface area contributed by atoms with Crippen molar-refractivity contribution in [1.29, 1.82) is 0 Å². The Morgan fingerprint density at radius 3 is 1.22 bits per heavy atom. The van der Waals surface area contributed by atoms with Crippen LogP contribution in [0.4, 0.5) is 0 Å². The predicted octanol–water partition coefficient (Wildman–Crippen LogP) is 13.8. The average molecular weight is 705 g/mol. The highest BCUT2D eigenvalue weighted by molar-refractivity contribution is 5.70. The lowest BCUT2D eigenvalue weighted by atomic mass is 10.0. The van der Waals surface area contributed by atoms with Gasteiger partial charge in [-0.3, -0.25) is 9.59 Å². The first-order chi connectivity index (χ1) is 24.6. The van der Waals surface area contributed by atoms with Crippen LogP contribution < -0.4 is 0 Å². The molecule has 0 saturated carbocycles. The van der Waals surface area contributed by atoms with E-state index in [1.165, 1.54) is 154 Å². The van der Waals surface area contributed by atoms with Crippen molar-refractivity contribution in [3.63, 3.8) is 0 Å². The van der Waals surface area contributed by atoms with Crippen LogP contribution in [0.15, 0.2) is 24.3 Å². The van der Waals surface area contributed by atoms with Gasteiger partial charge in [-0.05, 0) is 44.9 Å². The van der Waals surface area contributed by atoms with Crippen LogP contribution in [-0.2, 0) is 19.1 Å². The molecule has 0 bridgehead atoms. The van der Waals surface area contributed by atoms with Gasteiger partial charge in [0.25, 0.3) is 0 Å². The molecule has 294 valence electrons. The molecule has 0 amide bonds. The van der Waals surface area contributed by atoms with Gasteiger partial charge in [0.15, 0.2) is 6.10 Å². The second-order valence-electron chi connectivity index (χ2n) is 14.8. The highest BCUT2D eigenvalue weighted by atomic mass is 16.6. The number of esters is 2. The summed E-state index contributed by atoms with van der Waals surface area (Å²) in [6, 6.07) is 0. The van der Waals surface area contributed by atoms with Gasteiger partial charge in [-0.1, -0.05) is 199 Å². The number of carbonyl (C=O) groups is 2. The van der Waals surface area contributed by atoms with Gasteiger partial charge >= 0.3 is 11.9 Å². The molecule has 50 heavy (non-hydrogen) atoms. The first-order valence-corrected chi connectivity index (χ1v) is 21.9. The van der Waals surface area contributed by atoms with Gasteiger partial charge in [-0.2, -0.15) is 0 Å². The molecule has 0 radical (unpaired) electrons. The Morgan fingerprint density at radius 1 is 0.460 bits per heavy atom. The molecule has 0 aliphatic heterocycles. The second-order valence-corrected chi connectivity index (χ2v) is 14.8. The van der Waals surface area contributed by atoms with E-state index in [0.29, 0.717) is 12.8 Å². The van der Waals surface area contributed by atoms with Gasteiger partial charge in [0, 0.05) is 12.8 Å². The van der Waals surface area contributed by atoms with Crippen molar-refractivity contribution < 1.29 is 24.2 Å². The number of unbranched alkanes of at least 4 members (excludes halogenated alkanes) is 28. The molecule has 0 aliphatic rings. The third-order valence-corrected chi connectivity index (χ3v) is 9.75. The minimum Gasteiger partial charge on any atom is -0.462 e. The fourth-order valence-corrected chi connectivity index (χ4v) is 6.41. The van der Waals surface area contributed by atoms with E-state index in [0.717, 1.165) is 51.4 Å². The van der Waals surface area contributed by atoms with E-state index in [9.17, 15) is 14.7 Å². The molecule has 5 nitrogen and oxygen atoms in total. The van der Waals surface area contributed by atoms with E-state index in [-0.39, 0.29) is 25.2 Å². The zero-order valence-electron chi connectivity index (χ0n) is 33.4. The molecule has 0 fully saturated rings. The maximum absolute atomic E-state index is 12.2. The van der Waals surface area contributed by atoms with Crippen LogP contribution in [0.25, 0.3) is 0 Å². The van der Waals surface area contributed by atoms with Crippen molar-refractivity contribution in [2.75, 3.05) is 13.2 Å². The number of carbonyl (C=O) groups excluding carboxylic acids is 2. The van der Waals surface area contributed by atoms with Crippen LogP contribution in [0.5, 0.6) is 0 Å². The Labute approximate surface area is 311 Å². The molecule has 5 heteroatoms. The predicted molar refractivity (Wildman–Crippen MR) is 215 cm³/mol. The van der Waals surface area contributed by atoms with Crippen LogP contribution in [0.1, 0.15) is 232 Å². The minimum absolute atomic E-state index is 0.0670. The lowest BCUT2D eigenvalue weighted by Gasteiger charge is -2.15. The van der Waals surface area contributed by atoms with Crippen molar-refractivity contribution in [1.82, 2.24) is 0 Å². The Bertz CT molecular complexity index is 761. The van der Waals surface area contributed by atoms with E-state index < -0.39 is 6.10 Å². The topological polar surface area (TPSA) is 72.8 Å². The maximum atomic E-state index is 12.2.